The van der Waals surface area contributed by atoms with Crippen molar-refractivity contribution in [2.45, 2.75) is 6.42 Å². The molecule has 0 fully saturated rings. The van der Waals surface area contributed by atoms with Crippen LogP contribution < -0.4 is 16.6 Å². The highest BCUT2D eigenvalue weighted by atomic mass is 16.1. The maximum Gasteiger partial charge on any atom is 0.252 e. The molecule has 108 valence electrons. The Bertz CT molecular complexity index is 837. The summed E-state index contributed by atoms with van der Waals surface area (Å²) >= 11 is 0. The predicted molar refractivity (Wildman–Crippen MR) is 77.8 cm³/mol. The molecule has 0 saturated heterocycles. The smallest absolute Gasteiger partial charge is 0.252 e. The van der Waals surface area contributed by atoms with Crippen molar-refractivity contribution in [2.75, 3.05) is 17.6 Å². The average Bonchev–Trinajstić information content (AvgIpc) is 2.79. The number of nitrogens with two attached hydrogens (primary N) is 1. The molecular formula is C12H14N8O. The van der Waals surface area contributed by atoms with Crippen molar-refractivity contribution in [2.24, 2.45) is 7.05 Å². The number of aromatic amines is 1. The van der Waals surface area contributed by atoms with Crippen molar-refractivity contribution in [1.29, 1.82) is 0 Å². The Balaban J connectivity index is 1.68. The fourth-order valence-electron chi connectivity index (χ4n) is 1.95. The van der Waals surface area contributed by atoms with Crippen LogP contribution in [0.4, 0.5) is 11.8 Å². The Morgan fingerprint density at radius 2 is 2.24 bits per heavy atom. The minimum absolute atomic E-state index is 0.210. The molecule has 3 rings (SSSR count). The van der Waals surface area contributed by atoms with E-state index >= 15 is 0 Å². The summed E-state index contributed by atoms with van der Waals surface area (Å²) < 4.78 is 1.82. The normalized spacial score (nSPS) is 10.9. The molecule has 0 aromatic carbocycles. The summed E-state index contributed by atoms with van der Waals surface area (Å²) in [5.74, 6) is 1.23. The number of hydrogen-bond donors (Lipinski definition) is 3. The lowest BCUT2D eigenvalue weighted by atomic mass is 10.4. The van der Waals surface area contributed by atoms with E-state index in [0.717, 1.165) is 11.2 Å². The third-order valence-electron chi connectivity index (χ3n) is 2.91. The first-order valence-corrected chi connectivity index (χ1v) is 6.35. The van der Waals surface area contributed by atoms with Crippen molar-refractivity contribution in [3.8, 4) is 0 Å². The lowest BCUT2D eigenvalue weighted by molar-refractivity contribution is 0.874. The van der Waals surface area contributed by atoms with E-state index in [-0.39, 0.29) is 11.4 Å². The van der Waals surface area contributed by atoms with Gasteiger partial charge >= 0.3 is 0 Å². The summed E-state index contributed by atoms with van der Waals surface area (Å²) in [4.78, 5) is 30.6. The van der Waals surface area contributed by atoms with Crippen molar-refractivity contribution in [1.82, 2.24) is 29.5 Å². The van der Waals surface area contributed by atoms with Gasteiger partial charge in [0.05, 0.1) is 12.5 Å². The van der Waals surface area contributed by atoms with Crippen LogP contribution in [0.3, 0.4) is 0 Å². The maximum atomic E-state index is 11.3. The number of aromatic nitrogens is 6. The molecular weight excluding hydrogens is 272 g/mol. The first-order valence-electron chi connectivity index (χ1n) is 6.35. The molecule has 0 spiro atoms. The van der Waals surface area contributed by atoms with Gasteiger partial charge < -0.3 is 20.6 Å². The first-order chi connectivity index (χ1) is 10.1. The molecule has 0 unspecified atom stereocenters. The monoisotopic (exact) mass is 286 g/mol. The fourth-order valence-corrected chi connectivity index (χ4v) is 1.95. The highest BCUT2D eigenvalue weighted by Gasteiger charge is 2.04. The highest BCUT2D eigenvalue weighted by Crippen LogP contribution is 2.09. The van der Waals surface area contributed by atoms with E-state index in [1.165, 1.54) is 6.07 Å². The van der Waals surface area contributed by atoms with Gasteiger partial charge in [-0.05, 0) is 0 Å². The van der Waals surface area contributed by atoms with E-state index < -0.39 is 0 Å². The van der Waals surface area contributed by atoms with Crippen LogP contribution in [-0.4, -0.2) is 36.0 Å². The van der Waals surface area contributed by atoms with Crippen LogP contribution in [0.5, 0.6) is 0 Å². The van der Waals surface area contributed by atoms with Gasteiger partial charge in [0.15, 0.2) is 5.65 Å². The molecule has 3 heterocycles. The van der Waals surface area contributed by atoms with Crippen LogP contribution in [0, 0.1) is 0 Å². The number of hydrogen-bond acceptors (Lipinski definition) is 7. The second-order valence-corrected chi connectivity index (χ2v) is 4.55. The number of nitrogen functional groups attached to an aromatic ring is 1. The fraction of sp³-hybridized carbons (Fsp3) is 0.250. The number of H-pyrrole nitrogens is 1. The number of anilines is 2. The number of fused-ring (bicyclic) bond motifs is 1. The third kappa shape index (κ3) is 2.81. The molecule has 0 radical (unpaired) electrons. The van der Waals surface area contributed by atoms with Crippen LogP contribution in [0.15, 0.2) is 23.4 Å². The van der Waals surface area contributed by atoms with Crippen LogP contribution >= 0.6 is 0 Å². The Kier molecular flexibility index (Phi) is 3.22. The largest absolute Gasteiger partial charge is 0.383 e. The molecule has 0 amide bonds. The number of nitrogens with one attached hydrogen (secondary N) is 2. The van der Waals surface area contributed by atoms with Gasteiger partial charge in [0.25, 0.3) is 5.56 Å². The SMILES string of the molecule is Cn1cnc2cnc(NCCc3nc(N)cc(=O)[nH]3)nc21. The van der Waals surface area contributed by atoms with Gasteiger partial charge in [0.1, 0.15) is 17.2 Å². The van der Waals surface area contributed by atoms with Gasteiger partial charge in [0, 0.05) is 26.1 Å². The number of imidazole rings is 1. The zero-order valence-electron chi connectivity index (χ0n) is 11.4. The Morgan fingerprint density at radius 3 is 3.05 bits per heavy atom. The molecule has 3 aromatic heterocycles. The van der Waals surface area contributed by atoms with Gasteiger partial charge in [-0.15, -0.1) is 0 Å². The van der Waals surface area contributed by atoms with Gasteiger partial charge in [-0.3, -0.25) is 4.79 Å². The summed E-state index contributed by atoms with van der Waals surface area (Å²) in [6.45, 7) is 0.524. The maximum absolute atomic E-state index is 11.3. The van der Waals surface area contributed by atoms with Crippen LogP contribution in [0.1, 0.15) is 5.82 Å². The predicted octanol–water partition coefficient (Wildman–Crippen LogP) is -0.317. The Labute approximate surface area is 119 Å². The minimum Gasteiger partial charge on any atom is -0.383 e. The second kappa shape index (κ2) is 5.19. The molecule has 0 aliphatic carbocycles. The van der Waals surface area contributed by atoms with Gasteiger partial charge in [-0.25, -0.2) is 15.0 Å². The minimum atomic E-state index is -0.259. The number of aryl methyl sites for hydroxylation is 1. The van der Waals surface area contributed by atoms with Crippen molar-refractivity contribution >= 4 is 22.9 Å². The molecule has 9 heteroatoms. The summed E-state index contributed by atoms with van der Waals surface area (Å²) in [5, 5.41) is 3.08. The molecule has 9 nitrogen and oxygen atoms in total. The van der Waals surface area contributed by atoms with E-state index in [0.29, 0.717) is 24.7 Å². The second-order valence-electron chi connectivity index (χ2n) is 4.55. The average molecular weight is 286 g/mol. The zero-order valence-corrected chi connectivity index (χ0v) is 11.4. The quantitative estimate of drug-likeness (QED) is 0.600. The van der Waals surface area contributed by atoms with E-state index in [1.807, 2.05) is 11.6 Å². The Morgan fingerprint density at radius 1 is 1.38 bits per heavy atom. The molecule has 0 aliphatic rings. The topological polar surface area (TPSA) is 127 Å². The van der Waals surface area contributed by atoms with Gasteiger partial charge in [-0.2, -0.15) is 4.98 Å². The highest BCUT2D eigenvalue weighted by molar-refractivity contribution is 5.70. The summed E-state index contributed by atoms with van der Waals surface area (Å²) in [6, 6.07) is 1.25. The van der Waals surface area contributed by atoms with E-state index in [2.05, 4.69) is 30.2 Å². The summed E-state index contributed by atoms with van der Waals surface area (Å²) in [5.41, 5.74) is 6.76. The molecule has 0 atom stereocenters. The molecule has 0 saturated carbocycles. The number of nitrogens with zero attached hydrogens (tertiary/aromatic N) is 5. The summed E-state index contributed by atoms with van der Waals surface area (Å²) in [7, 11) is 1.87. The van der Waals surface area contributed by atoms with E-state index in [9.17, 15) is 4.79 Å². The van der Waals surface area contributed by atoms with Crippen molar-refractivity contribution < 1.29 is 0 Å². The lowest BCUT2D eigenvalue weighted by Gasteiger charge is -2.05. The molecule has 3 aromatic rings. The molecule has 0 aliphatic heterocycles. The van der Waals surface area contributed by atoms with Crippen LogP contribution in [-0.2, 0) is 13.5 Å². The standard InChI is InChI=1S/C12H14N8O/c1-20-6-16-7-5-15-12(19-11(7)20)14-3-2-9-17-8(13)4-10(21)18-9/h4-6H,2-3H2,1H3,(H,14,15,19)(H3,13,17,18,21). The van der Waals surface area contributed by atoms with Gasteiger partial charge in [0.2, 0.25) is 5.95 Å². The number of rotatable bonds is 4. The Hall–Kier alpha value is -2.97. The lowest BCUT2D eigenvalue weighted by Crippen LogP contribution is -2.16. The molecule has 0 bridgehead atoms. The van der Waals surface area contributed by atoms with Gasteiger partial charge in [-0.1, -0.05) is 0 Å². The molecule has 21 heavy (non-hydrogen) atoms. The van der Waals surface area contributed by atoms with Crippen LogP contribution in [0.25, 0.3) is 11.2 Å². The van der Waals surface area contributed by atoms with Crippen LogP contribution in [0.2, 0.25) is 0 Å². The third-order valence-corrected chi connectivity index (χ3v) is 2.91. The summed E-state index contributed by atoms with van der Waals surface area (Å²) in [6.07, 6.45) is 3.85. The zero-order chi connectivity index (χ0) is 14.8. The van der Waals surface area contributed by atoms with Crippen molar-refractivity contribution in [3.63, 3.8) is 0 Å². The first kappa shape index (κ1) is 13.0. The molecule has 4 N–H and O–H groups in total. The van der Waals surface area contributed by atoms with Crippen molar-refractivity contribution in [3.05, 3.63) is 34.8 Å². The van der Waals surface area contributed by atoms with E-state index in [4.69, 9.17) is 5.73 Å². The van der Waals surface area contributed by atoms with E-state index in [1.54, 1.807) is 12.5 Å².